The fourth-order valence-electron chi connectivity index (χ4n) is 2.32. The lowest BCUT2D eigenvalue weighted by Gasteiger charge is -2.09. The van der Waals surface area contributed by atoms with E-state index in [2.05, 4.69) is 17.8 Å². The summed E-state index contributed by atoms with van der Waals surface area (Å²) >= 11 is 0. The van der Waals surface area contributed by atoms with Gasteiger partial charge in [-0.25, -0.2) is 0 Å². The van der Waals surface area contributed by atoms with Gasteiger partial charge in [0.25, 0.3) is 5.56 Å². The van der Waals surface area contributed by atoms with Crippen LogP contribution in [0.5, 0.6) is 0 Å². The van der Waals surface area contributed by atoms with Crippen molar-refractivity contribution < 1.29 is 0 Å². The summed E-state index contributed by atoms with van der Waals surface area (Å²) in [5.41, 5.74) is 3.73. The van der Waals surface area contributed by atoms with Crippen LogP contribution in [0.1, 0.15) is 5.56 Å². The molecule has 0 fully saturated rings. The van der Waals surface area contributed by atoms with Gasteiger partial charge in [0, 0.05) is 16.5 Å². The van der Waals surface area contributed by atoms with Gasteiger partial charge in [0.2, 0.25) is 0 Å². The van der Waals surface area contributed by atoms with E-state index in [0.717, 1.165) is 27.6 Å². The van der Waals surface area contributed by atoms with Crippen molar-refractivity contribution in [3.63, 3.8) is 0 Å². The summed E-state index contributed by atoms with van der Waals surface area (Å²) in [5, 5.41) is 1.08. The molecule has 0 atom stereocenters. The predicted octanol–water partition coefficient (Wildman–Crippen LogP) is 3.75. The summed E-state index contributed by atoms with van der Waals surface area (Å²) in [4.78, 5) is 14.9. The summed E-state index contributed by atoms with van der Waals surface area (Å²) < 4.78 is 0. The van der Waals surface area contributed by atoms with Crippen LogP contribution in [0.2, 0.25) is 0 Å². The molecule has 1 heterocycles. The molecule has 1 N–H and O–H groups in total. The minimum Gasteiger partial charge on any atom is -0.322 e. The monoisotopic (exact) mass is 261 g/mol. The van der Waals surface area contributed by atoms with E-state index < -0.39 is 0 Å². The number of benzene rings is 2. The number of fused-ring (bicyclic) bond motifs is 1. The molecule has 0 unspecified atom stereocenters. The second-order valence-electron chi connectivity index (χ2n) is 4.37. The Morgan fingerprint density at radius 2 is 1.50 bits per heavy atom. The van der Waals surface area contributed by atoms with Crippen LogP contribution >= 0.6 is 0 Å². The topological polar surface area (TPSA) is 32.9 Å². The Morgan fingerprint density at radius 1 is 0.900 bits per heavy atom. The average Bonchev–Trinajstić information content (AvgIpc) is 2.51. The molecule has 0 amide bonds. The molecule has 20 heavy (non-hydrogen) atoms. The Morgan fingerprint density at radius 3 is 2.20 bits per heavy atom. The van der Waals surface area contributed by atoms with Gasteiger partial charge in [-0.2, -0.15) is 0 Å². The maximum Gasteiger partial charge on any atom is 0.251 e. The van der Waals surface area contributed by atoms with E-state index in [0.29, 0.717) is 0 Å². The molecular formula is C18H15NO. The Labute approximate surface area is 118 Å². The number of hydrogen-bond acceptors (Lipinski definition) is 1. The zero-order valence-corrected chi connectivity index (χ0v) is 11.3. The number of para-hydroxylation sites is 1. The summed E-state index contributed by atoms with van der Waals surface area (Å²) in [7, 11) is 0. The zero-order valence-electron chi connectivity index (χ0n) is 11.3. The van der Waals surface area contributed by atoms with Gasteiger partial charge < -0.3 is 4.98 Å². The molecular weight excluding hydrogens is 246 g/mol. The first-order valence-electron chi connectivity index (χ1n) is 6.28. The fraction of sp³-hybridized carbons (Fsp3) is 0.0556. The number of hydrogen-bond donors (Lipinski definition) is 1. The molecule has 3 aromatic rings. The molecule has 0 saturated carbocycles. The SMILES string of the molecule is C#C.Cc1c(-c2ccccc2)c2ccccc2[nH]c1=O. The second-order valence-corrected chi connectivity index (χ2v) is 4.37. The number of nitrogens with one attached hydrogen (secondary N) is 1. The molecule has 0 saturated heterocycles. The summed E-state index contributed by atoms with van der Waals surface area (Å²) in [5.74, 6) is 0. The van der Waals surface area contributed by atoms with Crippen molar-refractivity contribution in [2.24, 2.45) is 0 Å². The van der Waals surface area contributed by atoms with E-state index in [9.17, 15) is 4.79 Å². The normalized spacial score (nSPS) is 9.75. The standard InChI is InChI=1S/C16H13NO.C2H2/c1-11-15(12-7-3-2-4-8-12)13-9-5-6-10-14(13)17-16(11)18;1-2/h2-10H,1H3,(H,17,18);1-2H. The smallest absolute Gasteiger partial charge is 0.251 e. The van der Waals surface area contributed by atoms with Crippen LogP contribution in [0.15, 0.2) is 59.4 Å². The van der Waals surface area contributed by atoms with Crippen molar-refractivity contribution in [2.75, 3.05) is 0 Å². The van der Waals surface area contributed by atoms with Gasteiger partial charge in [0.1, 0.15) is 0 Å². The van der Waals surface area contributed by atoms with Crippen LogP contribution in [0.25, 0.3) is 22.0 Å². The first-order valence-corrected chi connectivity index (χ1v) is 6.28. The Balaban J connectivity index is 0.000000704. The van der Waals surface area contributed by atoms with E-state index in [1.165, 1.54) is 0 Å². The molecule has 2 heteroatoms. The van der Waals surface area contributed by atoms with Crippen LogP contribution in [0.3, 0.4) is 0 Å². The molecule has 98 valence electrons. The van der Waals surface area contributed by atoms with Gasteiger partial charge in [-0.3, -0.25) is 4.79 Å². The zero-order chi connectivity index (χ0) is 14.5. The van der Waals surface area contributed by atoms with Crippen molar-refractivity contribution in [3.05, 3.63) is 70.5 Å². The Kier molecular flexibility index (Phi) is 4.02. The van der Waals surface area contributed by atoms with Crippen molar-refractivity contribution in [3.8, 4) is 24.0 Å². The van der Waals surface area contributed by atoms with Crippen LogP contribution in [0.4, 0.5) is 0 Å². The molecule has 0 spiro atoms. The number of H-pyrrole nitrogens is 1. The lowest BCUT2D eigenvalue weighted by molar-refractivity contribution is 1.24. The fourth-order valence-corrected chi connectivity index (χ4v) is 2.32. The van der Waals surface area contributed by atoms with Crippen LogP contribution < -0.4 is 5.56 Å². The number of pyridine rings is 1. The first-order chi connectivity index (χ1) is 9.77. The van der Waals surface area contributed by atoms with Crippen molar-refractivity contribution in [1.29, 1.82) is 0 Å². The lowest BCUT2D eigenvalue weighted by atomic mass is 9.97. The van der Waals surface area contributed by atoms with E-state index in [-0.39, 0.29) is 5.56 Å². The predicted molar refractivity (Wildman–Crippen MR) is 84.6 cm³/mol. The number of terminal acetylenes is 1. The third-order valence-corrected chi connectivity index (χ3v) is 3.22. The highest BCUT2D eigenvalue weighted by molar-refractivity contribution is 5.95. The molecule has 1 aromatic heterocycles. The maximum absolute atomic E-state index is 12.0. The van der Waals surface area contributed by atoms with E-state index in [1.807, 2.05) is 61.5 Å². The van der Waals surface area contributed by atoms with Gasteiger partial charge in [0.15, 0.2) is 0 Å². The van der Waals surface area contributed by atoms with Gasteiger partial charge in [-0.15, -0.1) is 12.8 Å². The molecule has 0 aliphatic rings. The van der Waals surface area contributed by atoms with Crippen molar-refractivity contribution in [2.45, 2.75) is 6.92 Å². The highest BCUT2D eigenvalue weighted by Crippen LogP contribution is 2.28. The minimum atomic E-state index is -0.0208. The molecule has 2 aromatic carbocycles. The largest absolute Gasteiger partial charge is 0.322 e. The molecule has 0 aliphatic carbocycles. The number of rotatable bonds is 1. The molecule has 0 aliphatic heterocycles. The summed E-state index contributed by atoms with van der Waals surface area (Å²) in [6.45, 7) is 1.87. The van der Waals surface area contributed by atoms with Crippen LogP contribution in [0, 0.1) is 19.8 Å². The quantitative estimate of drug-likeness (QED) is 0.665. The summed E-state index contributed by atoms with van der Waals surface area (Å²) in [6.07, 6.45) is 8.00. The first kappa shape index (κ1) is 13.6. The lowest BCUT2D eigenvalue weighted by Crippen LogP contribution is -2.11. The van der Waals surface area contributed by atoms with Gasteiger partial charge in [-0.05, 0) is 24.1 Å². The van der Waals surface area contributed by atoms with Gasteiger partial charge >= 0.3 is 0 Å². The highest BCUT2D eigenvalue weighted by atomic mass is 16.1. The minimum absolute atomic E-state index is 0.0208. The molecule has 2 nitrogen and oxygen atoms in total. The average molecular weight is 261 g/mol. The van der Waals surface area contributed by atoms with E-state index in [1.54, 1.807) is 0 Å². The van der Waals surface area contributed by atoms with Crippen molar-refractivity contribution in [1.82, 2.24) is 4.98 Å². The molecule has 3 rings (SSSR count). The summed E-state index contributed by atoms with van der Waals surface area (Å²) in [6, 6.07) is 17.9. The second kappa shape index (κ2) is 5.90. The van der Waals surface area contributed by atoms with Gasteiger partial charge in [0.05, 0.1) is 0 Å². The Hall–Kier alpha value is -2.79. The molecule has 0 bridgehead atoms. The van der Waals surface area contributed by atoms with Gasteiger partial charge in [-0.1, -0.05) is 48.5 Å². The van der Waals surface area contributed by atoms with Crippen LogP contribution in [-0.4, -0.2) is 4.98 Å². The number of aromatic amines is 1. The maximum atomic E-state index is 12.0. The van der Waals surface area contributed by atoms with E-state index >= 15 is 0 Å². The molecule has 0 radical (unpaired) electrons. The third-order valence-electron chi connectivity index (χ3n) is 3.22. The number of aromatic nitrogens is 1. The third kappa shape index (κ3) is 2.34. The van der Waals surface area contributed by atoms with Crippen LogP contribution in [-0.2, 0) is 0 Å². The Bertz CT molecular complexity index is 798. The highest BCUT2D eigenvalue weighted by Gasteiger charge is 2.09. The van der Waals surface area contributed by atoms with E-state index in [4.69, 9.17) is 0 Å². The van der Waals surface area contributed by atoms with Crippen molar-refractivity contribution >= 4 is 10.9 Å².